The minimum Gasteiger partial charge on any atom is -0.464 e. The molecule has 158 valence electrons. The lowest BCUT2D eigenvalue weighted by atomic mass is 9.79. The van der Waals surface area contributed by atoms with Crippen LogP contribution in [0.25, 0.3) is 0 Å². The Morgan fingerprint density at radius 2 is 2.10 bits per heavy atom. The summed E-state index contributed by atoms with van der Waals surface area (Å²) in [4.78, 5) is 15.9. The van der Waals surface area contributed by atoms with Gasteiger partial charge in [0.25, 0.3) is 0 Å². The number of carbonyl (C=O) groups is 1. The number of nitriles is 1. The largest absolute Gasteiger partial charge is 0.464 e. The van der Waals surface area contributed by atoms with Crippen molar-refractivity contribution >= 4 is 23.6 Å². The molecule has 6 nitrogen and oxygen atoms in total. The fourth-order valence-corrected chi connectivity index (χ4v) is 3.33. The Balaban J connectivity index is 2.23. The van der Waals surface area contributed by atoms with Gasteiger partial charge in [-0.3, -0.25) is 15.2 Å². The van der Waals surface area contributed by atoms with Crippen LogP contribution in [0, 0.1) is 11.3 Å². The van der Waals surface area contributed by atoms with Gasteiger partial charge in [-0.05, 0) is 29.8 Å². The van der Waals surface area contributed by atoms with E-state index in [1.165, 1.54) is 18.2 Å². The Labute approximate surface area is 172 Å². The van der Waals surface area contributed by atoms with Crippen LogP contribution in [0.1, 0.15) is 43.7 Å². The molecule has 0 aromatic heterocycles. The molecule has 1 unspecified atom stereocenters. The Morgan fingerprint density at radius 3 is 2.76 bits per heavy atom. The lowest BCUT2D eigenvalue weighted by Gasteiger charge is -2.24. The molecule has 1 N–H and O–H groups in total. The summed E-state index contributed by atoms with van der Waals surface area (Å²) in [5.41, 5.74) is -0.470. The average Bonchev–Trinajstić information content (AvgIpc) is 3.02. The second-order valence-corrected chi connectivity index (χ2v) is 7.05. The third kappa shape index (κ3) is 5.61. The van der Waals surface area contributed by atoms with Crippen molar-refractivity contribution < 1.29 is 22.7 Å². The average molecular weight is 431 g/mol. The first-order chi connectivity index (χ1) is 13.7. The van der Waals surface area contributed by atoms with E-state index in [0.29, 0.717) is 0 Å². The lowest BCUT2D eigenvalue weighted by molar-refractivity contribution is -0.142. The number of esters is 1. The minimum absolute atomic E-state index is 0.130. The van der Waals surface area contributed by atoms with Gasteiger partial charge in [0.1, 0.15) is 12.4 Å². The van der Waals surface area contributed by atoms with Crippen molar-refractivity contribution in [1.29, 1.82) is 5.26 Å². The van der Waals surface area contributed by atoms with Crippen molar-refractivity contribution in [2.75, 3.05) is 19.7 Å². The van der Waals surface area contributed by atoms with E-state index >= 15 is 0 Å². The van der Waals surface area contributed by atoms with Gasteiger partial charge in [-0.25, -0.2) is 0 Å². The number of hydrazine groups is 1. The van der Waals surface area contributed by atoms with Gasteiger partial charge in [0.05, 0.1) is 24.8 Å². The van der Waals surface area contributed by atoms with Gasteiger partial charge >= 0.3 is 12.1 Å². The zero-order chi connectivity index (χ0) is 21.5. The van der Waals surface area contributed by atoms with Crippen LogP contribution in [0.2, 0.25) is 0 Å². The number of hydrogen-bond donors (Lipinski definition) is 1. The molecule has 0 aliphatic carbocycles. The number of nitrogens with one attached hydrogen (secondary N) is 1. The van der Waals surface area contributed by atoms with Crippen molar-refractivity contribution in [3.05, 3.63) is 35.4 Å². The maximum absolute atomic E-state index is 13.5. The smallest absolute Gasteiger partial charge is 0.416 e. The van der Waals surface area contributed by atoms with Crippen LogP contribution in [0.4, 0.5) is 13.2 Å². The SMILES string of the molecule is CCCCCCOC(=O)CN=C1NN(Cl)CC1(C#N)c1ccccc1C(F)(F)F. The van der Waals surface area contributed by atoms with Crippen LogP contribution in [0.15, 0.2) is 29.3 Å². The maximum atomic E-state index is 13.5. The quantitative estimate of drug-likeness (QED) is 0.383. The van der Waals surface area contributed by atoms with E-state index in [1.807, 2.05) is 6.07 Å². The summed E-state index contributed by atoms with van der Waals surface area (Å²) in [7, 11) is 0. The second-order valence-electron chi connectivity index (χ2n) is 6.64. The first-order valence-corrected chi connectivity index (χ1v) is 9.57. The molecule has 1 aromatic rings. The van der Waals surface area contributed by atoms with E-state index in [4.69, 9.17) is 16.5 Å². The standard InChI is InChI=1S/C19H22ClF3N4O2/c1-2-3-4-7-10-29-16(28)11-25-17-18(12-24,13-27(20)26-17)14-8-5-6-9-15(14)19(21,22)23/h5-6,8-9H,2-4,7,10-11,13H2,1H3,(H,25,26). The molecule has 29 heavy (non-hydrogen) atoms. The fraction of sp³-hybridized carbons (Fsp3) is 0.526. The molecular weight excluding hydrogens is 409 g/mol. The van der Waals surface area contributed by atoms with Crippen molar-refractivity contribution in [2.45, 2.75) is 44.2 Å². The predicted molar refractivity (Wildman–Crippen MR) is 102 cm³/mol. The van der Waals surface area contributed by atoms with Crippen LogP contribution in [-0.4, -0.2) is 36.0 Å². The number of nitrogens with zero attached hydrogens (tertiary/aromatic N) is 3. The highest BCUT2D eigenvalue weighted by molar-refractivity contribution is 6.16. The second kappa shape index (κ2) is 9.94. The maximum Gasteiger partial charge on any atom is 0.416 e. The molecule has 1 saturated heterocycles. The number of hydrogen-bond acceptors (Lipinski definition) is 5. The van der Waals surface area contributed by atoms with E-state index in [-0.39, 0.29) is 24.6 Å². The van der Waals surface area contributed by atoms with Crippen LogP contribution in [0.5, 0.6) is 0 Å². The molecule has 1 atom stereocenters. The van der Waals surface area contributed by atoms with Crippen molar-refractivity contribution in [1.82, 2.24) is 9.95 Å². The molecule has 0 spiro atoms. The number of amidine groups is 1. The molecule has 0 saturated carbocycles. The van der Waals surface area contributed by atoms with Crippen molar-refractivity contribution in [3.63, 3.8) is 0 Å². The third-order valence-electron chi connectivity index (χ3n) is 4.52. The van der Waals surface area contributed by atoms with Crippen LogP contribution >= 0.6 is 11.8 Å². The molecule has 0 amide bonds. The van der Waals surface area contributed by atoms with Crippen molar-refractivity contribution in [3.8, 4) is 6.07 Å². The van der Waals surface area contributed by atoms with Gasteiger partial charge in [-0.15, -0.1) is 4.53 Å². The lowest BCUT2D eigenvalue weighted by Crippen LogP contribution is -2.38. The van der Waals surface area contributed by atoms with E-state index in [2.05, 4.69) is 17.3 Å². The molecule has 10 heteroatoms. The number of rotatable bonds is 8. The first-order valence-electron chi connectivity index (χ1n) is 9.23. The molecule has 0 bridgehead atoms. The highest BCUT2D eigenvalue weighted by Gasteiger charge is 2.50. The molecule has 1 aliphatic heterocycles. The van der Waals surface area contributed by atoms with Crippen LogP contribution < -0.4 is 5.43 Å². The van der Waals surface area contributed by atoms with Crippen molar-refractivity contribution in [2.24, 2.45) is 4.99 Å². The number of ether oxygens (including phenoxy) is 1. The number of aliphatic imine (C=N–C) groups is 1. The third-order valence-corrected chi connectivity index (χ3v) is 4.72. The summed E-state index contributed by atoms with van der Waals surface area (Å²) in [6.07, 6.45) is -0.906. The van der Waals surface area contributed by atoms with Gasteiger partial charge in [-0.2, -0.15) is 18.4 Å². The summed E-state index contributed by atoms with van der Waals surface area (Å²) < 4.78 is 46.5. The van der Waals surface area contributed by atoms with Gasteiger partial charge in [0.2, 0.25) is 0 Å². The molecule has 2 rings (SSSR count). The summed E-state index contributed by atoms with van der Waals surface area (Å²) in [5.74, 6) is -0.755. The van der Waals surface area contributed by atoms with Gasteiger partial charge in [0.15, 0.2) is 5.41 Å². The summed E-state index contributed by atoms with van der Waals surface area (Å²) in [6, 6.07) is 6.66. The normalized spacial score (nSPS) is 21.0. The number of alkyl halides is 3. The number of unbranched alkanes of at least 4 members (excludes halogenated alkanes) is 3. The summed E-state index contributed by atoms with van der Waals surface area (Å²) in [6.45, 7) is 1.61. The Kier molecular flexibility index (Phi) is 7.88. The molecule has 1 aliphatic rings. The first kappa shape index (κ1) is 23.0. The monoisotopic (exact) mass is 430 g/mol. The molecular formula is C19H22ClF3N4O2. The number of benzene rings is 1. The van der Waals surface area contributed by atoms with Gasteiger partial charge < -0.3 is 4.74 Å². The Hall–Kier alpha value is -2.31. The zero-order valence-corrected chi connectivity index (χ0v) is 16.7. The van der Waals surface area contributed by atoms with E-state index < -0.39 is 29.7 Å². The predicted octanol–water partition coefficient (Wildman–Crippen LogP) is 3.96. The van der Waals surface area contributed by atoms with Gasteiger partial charge in [-0.1, -0.05) is 44.4 Å². The molecule has 1 fully saturated rings. The minimum atomic E-state index is -4.66. The number of carbonyl (C=O) groups excluding carboxylic acids is 1. The fourth-order valence-electron chi connectivity index (χ4n) is 3.07. The Morgan fingerprint density at radius 1 is 1.38 bits per heavy atom. The van der Waals surface area contributed by atoms with Crippen LogP contribution in [0.3, 0.4) is 0 Å². The van der Waals surface area contributed by atoms with Crippen LogP contribution in [-0.2, 0) is 21.1 Å². The highest BCUT2D eigenvalue weighted by atomic mass is 35.5. The summed E-state index contributed by atoms with van der Waals surface area (Å²) >= 11 is 5.93. The summed E-state index contributed by atoms with van der Waals surface area (Å²) in [5, 5.41) is 9.80. The molecule has 1 aromatic carbocycles. The number of halogens is 4. The van der Waals surface area contributed by atoms with E-state index in [9.17, 15) is 23.2 Å². The van der Waals surface area contributed by atoms with E-state index in [0.717, 1.165) is 36.3 Å². The topological polar surface area (TPSA) is 77.7 Å². The molecule has 1 heterocycles. The zero-order valence-electron chi connectivity index (χ0n) is 15.9. The Bertz CT molecular complexity index is 794. The van der Waals surface area contributed by atoms with E-state index in [1.54, 1.807) is 0 Å². The highest BCUT2D eigenvalue weighted by Crippen LogP contribution is 2.40. The molecule has 0 radical (unpaired) electrons. The van der Waals surface area contributed by atoms with Gasteiger partial charge in [0, 0.05) is 0 Å².